The second kappa shape index (κ2) is 6.00. The zero-order valence-electron chi connectivity index (χ0n) is 11.4. The molecule has 0 atom stereocenters. The zero-order valence-corrected chi connectivity index (χ0v) is 12.2. The highest BCUT2D eigenvalue weighted by Crippen LogP contribution is 2.20. The molecule has 0 aliphatic carbocycles. The summed E-state index contributed by atoms with van der Waals surface area (Å²) in [6, 6.07) is 5.25. The van der Waals surface area contributed by atoms with Crippen LogP contribution in [0.3, 0.4) is 0 Å². The molecule has 0 unspecified atom stereocenters. The summed E-state index contributed by atoms with van der Waals surface area (Å²) in [6.45, 7) is 4.05. The fourth-order valence-corrected chi connectivity index (χ4v) is 2.71. The summed E-state index contributed by atoms with van der Waals surface area (Å²) in [5, 5.41) is 8.93. The summed E-state index contributed by atoms with van der Waals surface area (Å²) in [4.78, 5) is 28.9. The SMILES string of the molecule is CC(C)CN(CC(=O)O)C(=O)c1ccc2ncsc2c1. The number of hydrogen-bond donors (Lipinski definition) is 1. The quantitative estimate of drug-likeness (QED) is 0.919. The fraction of sp³-hybridized carbons (Fsp3) is 0.357. The van der Waals surface area contributed by atoms with Crippen LogP contribution in [0.15, 0.2) is 23.7 Å². The van der Waals surface area contributed by atoms with Gasteiger partial charge in [-0.25, -0.2) is 4.98 Å². The molecular weight excluding hydrogens is 276 g/mol. The summed E-state index contributed by atoms with van der Waals surface area (Å²) in [7, 11) is 0. The third kappa shape index (κ3) is 3.33. The van der Waals surface area contributed by atoms with Gasteiger partial charge in [-0.15, -0.1) is 11.3 Å². The minimum atomic E-state index is -1.00. The molecule has 1 amide bonds. The van der Waals surface area contributed by atoms with E-state index in [9.17, 15) is 9.59 Å². The smallest absolute Gasteiger partial charge is 0.323 e. The highest BCUT2D eigenvalue weighted by atomic mass is 32.1. The standard InChI is InChI=1S/C14H16N2O3S/c1-9(2)6-16(7-13(17)18)14(19)10-3-4-11-12(5-10)20-8-15-11/h3-5,8-9H,6-7H2,1-2H3,(H,17,18). The van der Waals surface area contributed by atoms with Crippen LogP contribution in [-0.4, -0.2) is 40.0 Å². The molecular formula is C14H16N2O3S. The van der Waals surface area contributed by atoms with Crippen molar-refractivity contribution in [1.29, 1.82) is 0 Å². The molecule has 0 saturated carbocycles. The second-order valence-electron chi connectivity index (χ2n) is 5.01. The van der Waals surface area contributed by atoms with Gasteiger partial charge in [0.05, 0.1) is 15.7 Å². The van der Waals surface area contributed by atoms with Crippen LogP contribution in [0.2, 0.25) is 0 Å². The number of fused-ring (bicyclic) bond motifs is 1. The monoisotopic (exact) mass is 292 g/mol. The number of benzene rings is 1. The fourth-order valence-electron chi connectivity index (χ4n) is 1.99. The van der Waals surface area contributed by atoms with Gasteiger partial charge in [0.1, 0.15) is 6.54 Å². The summed E-state index contributed by atoms with van der Waals surface area (Å²) in [6.07, 6.45) is 0. The average Bonchev–Trinajstić information content (AvgIpc) is 2.83. The van der Waals surface area contributed by atoms with E-state index in [1.807, 2.05) is 13.8 Å². The predicted molar refractivity (Wildman–Crippen MR) is 78.0 cm³/mol. The molecule has 2 aromatic rings. The van der Waals surface area contributed by atoms with Crippen molar-refractivity contribution in [3.8, 4) is 0 Å². The Labute approximate surface area is 120 Å². The highest BCUT2D eigenvalue weighted by Gasteiger charge is 2.20. The van der Waals surface area contributed by atoms with Crippen molar-refractivity contribution in [2.24, 2.45) is 5.92 Å². The predicted octanol–water partition coefficient (Wildman–Crippen LogP) is 2.48. The number of thiazole rings is 1. The van der Waals surface area contributed by atoms with Crippen LogP contribution in [0.4, 0.5) is 0 Å². The van der Waals surface area contributed by atoms with Crippen molar-refractivity contribution in [1.82, 2.24) is 9.88 Å². The molecule has 0 saturated heterocycles. The van der Waals surface area contributed by atoms with Gasteiger partial charge in [-0.2, -0.15) is 0 Å². The normalized spacial score (nSPS) is 10.9. The van der Waals surface area contributed by atoms with Crippen LogP contribution < -0.4 is 0 Å². The van der Waals surface area contributed by atoms with Gasteiger partial charge in [-0.05, 0) is 24.1 Å². The molecule has 1 N–H and O–H groups in total. The Morgan fingerprint density at radius 1 is 1.40 bits per heavy atom. The summed E-state index contributed by atoms with van der Waals surface area (Å²) >= 11 is 1.46. The third-order valence-electron chi connectivity index (χ3n) is 2.78. The van der Waals surface area contributed by atoms with Crippen molar-refractivity contribution < 1.29 is 14.7 Å². The highest BCUT2D eigenvalue weighted by molar-refractivity contribution is 7.16. The Hall–Kier alpha value is -1.95. The first-order valence-corrected chi connectivity index (χ1v) is 7.19. The first kappa shape index (κ1) is 14.5. The number of carboxylic acids is 1. The van der Waals surface area contributed by atoms with Gasteiger partial charge >= 0.3 is 5.97 Å². The Morgan fingerprint density at radius 2 is 2.15 bits per heavy atom. The molecule has 0 bridgehead atoms. The molecule has 0 aliphatic heterocycles. The van der Waals surface area contributed by atoms with Crippen LogP contribution in [0.5, 0.6) is 0 Å². The number of rotatable bonds is 5. The van der Waals surface area contributed by atoms with Crippen molar-refractivity contribution in [3.63, 3.8) is 0 Å². The average molecular weight is 292 g/mol. The van der Waals surface area contributed by atoms with Crippen molar-refractivity contribution in [2.45, 2.75) is 13.8 Å². The molecule has 0 spiro atoms. The van der Waals surface area contributed by atoms with E-state index in [-0.39, 0.29) is 18.4 Å². The topological polar surface area (TPSA) is 70.5 Å². The lowest BCUT2D eigenvalue weighted by atomic mass is 10.1. The molecule has 1 heterocycles. The number of amides is 1. The van der Waals surface area contributed by atoms with E-state index in [2.05, 4.69) is 4.98 Å². The van der Waals surface area contributed by atoms with Gasteiger partial charge in [0.15, 0.2) is 0 Å². The Morgan fingerprint density at radius 3 is 2.80 bits per heavy atom. The molecule has 0 fully saturated rings. The van der Waals surface area contributed by atoms with E-state index >= 15 is 0 Å². The van der Waals surface area contributed by atoms with Crippen LogP contribution in [0.1, 0.15) is 24.2 Å². The number of hydrogen-bond acceptors (Lipinski definition) is 4. The van der Waals surface area contributed by atoms with Crippen LogP contribution in [0, 0.1) is 5.92 Å². The van der Waals surface area contributed by atoms with Gasteiger partial charge < -0.3 is 10.0 Å². The summed E-state index contributed by atoms with van der Waals surface area (Å²) < 4.78 is 0.927. The minimum absolute atomic E-state index is 0.213. The molecule has 1 aromatic carbocycles. The van der Waals surface area contributed by atoms with Gasteiger partial charge in [-0.3, -0.25) is 9.59 Å². The van der Waals surface area contributed by atoms with E-state index in [4.69, 9.17) is 5.11 Å². The van der Waals surface area contributed by atoms with E-state index in [0.717, 1.165) is 10.2 Å². The Balaban J connectivity index is 2.26. The Kier molecular flexibility index (Phi) is 4.34. The van der Waals surface area contributed by atoms with E-state index < -0.39 is 5.97 Å². The van der Waals surface area contributed by atoms with E-state index in [0.29, 0.717) is 12.1 Å². The number of nitrogens with zero attached hydrogens (tertiary/aromatic N) is 2. The van der Waals surface area contributed by atoms with Gasteiger partial charge in [0.25, 0.3) is 5.91 Å². The number of carbonyl (C=O) groups is 2. The molecule has 2 rings (SSSR count). The van der Waals surface area contributed by atoms with Crippen molar-refractivity contribution >= 4 is 33.4 Å². The lowest BCUT2D eigenvalue weighted by Gasteiger charge is -2.22. The maximum atomic E-state index is 12.4. The van der Waals surface area contributed by atoms with Crippen molar-refractivity contribution in [3.05, 3.63) is 29.3 Å². The number of aromatic nitrogens is 1. The largest absolute Gasteiger partial charge is 0.480 e. The summed E-state index contributed by atoms with van der Waals surface area (Å²) in [5.41, 5.74) is 3.08. The molecule has 1 aromatic heterocycles. The minimum Gasteiger partial charge on any atom is -0.480 e. The first-order chi connectivity index (χ1) is 9.47. The lowest BCUT2D eigenvalue weighted by Crippen LogP contribution is -2.38. The molecule has 0 aliphatic rings. The molecule has 5 nitrogen and oxygen atoms in total. The van der Waals surface area contributed by atoms with Gasteiger partial charge in [0, 0.05) is 12.1 Å². The van der Waals surface area contributed by atoms with Gasteiger partial charge in [0.2, 0.25) is 0 Å². The number of carbonyl (C=O) groups excluding carboxylic acids is 1. The van der Waals surface area contributed by atoms with Gasteiger partial charge in [-0.1, -0.05) is 13.8 Å². The first-order valence-electron chi connectivity index (χ1n) is 6.31. The maximum Gasteiger partial charge on any atom is 0.323 e. The number of carboxylic acid groups (broad SMARTS) is 1. The van der Waals surface area contributed by atoms with Crippen molar-refractivity contribution in [2.75, 3.05) is 13.1 Å². The molecule has 20 heavy (non-hydrogen) atoms. The molecule has 106 valence electrons. The molecule has 6 heteroatoms. The number of aliphatic carboxylic acids is 1. The Bertz CT molecular complexity index is 636. The third-order valence-corrected chi connectivity index (χ3v) is 3.57. The van der Waals surface area contributed by atoms with E-state index in [1.54, 1.807) is 23.7 Å². The van der Waals surface area contributed by atoms with Crippen LogP contribution in [-0.2, 0) is 4.79 Å². The maximum absolute atomic E-state index is 12.4. The lowest BCUT2D eigenvalue weighted by molar-refractivity contribution is -0.137. The second-order valence-corrected chi connectivity index (χ2v) is 5.89. The van der Waals surface area contributed by atoms with Crippen LogP contribution in [0.25, 0.3) is 10.2 Å². The van der Waals surface area contributed by atoms with E-state index in [1.165, 1.54) is 16.2 Å². The van der Waals surface area contributed by atoms with Crippen LogP contribution >= 0.6 is 11.3 Å². The summed E-state index contributed by atoms with van der Waals surface area (Å²) in [5.74, 6) is -1.04. The molecule has 0 radical (unpaired) electrons. The zero-order chi connectivity index (χ0) is 14.7.